The highest BCUT2D eigenvalue weighted by Gasteiger charge is 2.24. The quantitative estimate of drug-likeness (QED) is 0.310. The number of carbonyl (C=O) groups is 1. The summed E-state index contributed by atoms with van der Waals surface area (Å²) in [7, 11) is -2.09. The molecule has 0 spiro atoms. The summed E-state index contributed by atoms with van der Waals surface area (Å²) in [6.45, 7) is 5.57. The van der Waals surface area contributed by atoms with Gasteiger partial charge in [-0.15, -0.1) is 17.2 Å². The van der Waals surface area contributed by atoms with Crippen LogP contribution in [0.2, 0.25) is 0 Å². The molecule has 0 aliphatic carbocycles. The number of esters is 1. The maximum absolute atomic E-state index is 12.1. The summed E-state index contributed by atoms with van der Waals surface area (Å²) in [5.74, 6) is -0.566. The summed E-state index contributed by atoms with van der Waals surface area (Å²) in [5, 5.41) is 0. The van der Waals surface area contributed by atoms with Crippen LogP contribution in [-0.2, 0) is 23.1 Å². The van der Waals surface area contributed by atoms with Crippen LogP contribution in [0.1, 0.15) is 20.8 Å². The molecule has 8 nitrogen and oxygen atoms in total. The second-order valence-electron chi connectivity index (χ2n) is 3.42. The van der Waals surface area contributed by atoms with Crippen LogP contribution in [0, 0.1) is 0 Å². The molecule has 0 aromatic heterocycles. The molecule has 0 saturated heterocycles. The summed E-state index contributed by atoms with van der Waals surface area (Å²) >= 11 is 0. The molecule has 20 heavy (non-hydrogen) atoms. The maximum atomic E-state index is 12.1. The Balaban J connectivity index is 0. The molecular formula is C10H23ClN3O5P. The molecule has 0 aliphatic rings. The van der Waals surface area contributed by atoms with Crippen LogP contribution in [0.3, 0.4) is 0 Å². The minimum absolute atomic E-state index is 0. The van der Waals surface area contributed by atoms with Gasteiger partial charge in [-0.05, 0) is 20.8 Å². The first-order valence-corrected chi connectivity index (χ1v) is 7.49. The molecule has 0 aromatic rings. The molecule has 120 valence electrons. The summed E-state index contributed by atoms with van der Waals surface area (Å²) in [4.78, 5) is 12.6. The van der Waals surface area contributed by atoms with E-state index in [-0.39, 0.29) is 44.7 Å². The van der Waals surface area contributed by atoms with E-state index in [0.29, 0.717) is 0 Å². The predicted molar refractivity (Wildman–Crippen MR) is 79.0 cm³/mol. The Labute approximate surface area is 125 Å². The molecule has 0 unspecified atom stereocenters. The van der Waals surface area contributed by atoms with Crippen molar-refractivity contribution in [2.24, 2.45) is 10.5 Å². The Hall–Kier alpha value is -0.820. The van der Waals surface area contributed by atoms with Crippen LogP contribution in [0.5, 0.6) is 0 Å². The fraction of sp³-hybridized carbons (Fsp3) is 0.800. The average molecular weight is 332 g/mol. The van der Waals surface area contributed by atoms with Crippen molar-refractivity contribution in [3.8, 4) is 0 Å². The predicted octanol–water partition coefficient (Wildman–Crippen LogP) is 1.40. The maximum Gasteiger partial charge on any atom is 0.457 e. The van der Waals surface area contributed by atoms with Crippen molar-refractivity contribution in [3.05, 3.63) is 0 Å². The topological polar surface area (TPSA) is 103 Å². The Bertz CT molecular complexity index is 357. The number of nitrogens with zero attached hydrogens (tertiary/aromatic N) is 2. The lowest BCUT2D eigenvalue weighted by Crippen LogP contribution is -2.38. The number of likely N-dealkylation sites (N-methyl/N-ethyl adjacent to an activating group) is 1. The monoisotopic (exact) mass is 331 g/mol. The van der Waals surface area contributed by atoms with Crippen LogP contribution in [0.25, 0.3) is 0 Å². The molecule has 0 atom stereocenters. The summed E-state index contributed by atoms with van der Waals surface area (Å²) in [6, 6.07) is 0. The van der Waals surface area contributed by atoms with E-state index in [9.17, 15) is 9.36 Å². The van der Waals surface area contributed by atoms with Gasteiger partial charge in [0.2, 0.25) is 5.96 Å². The van der Waals surface area contributed by atoms with Crippen LogP contribution in [-0.4, -0.2) is 50.2 Å². The second-order valence-corrected chi connectivity index (χ2v) is 5.08. The largest absolute Gasteiger partial charge is 0.465 e. The van der Waals surface area contributed by atoms with Gasteiger partial charge in [-0.3, -0.25) is 13.8 Å². The standard InChI is InChI=1S/C10H22N3O5P.ClH/c1-5-16-9(14)8-13(4)10(11)12-19(15,17-6-2)18-7-3;/h5-8H2,1-4H3,(H2,11,12,15);1H. The highest BCUT2D eigenvalue weighted by molar-refractivity contribution is 7.52. The van der Waals surface area contributed by atoms with E-state index in [1.54, 1.807) is 20.8 Å². The third kappa shape index (κ3) is 8.37. The van der Waals surface area contributed by atoms with Gasteiger partial charge in [-0.2, -0.15) is 0 Å². The highest BCUT2D eigenvalue weighted by atomic mass is 35.5. The molecule has 0 fully saturated rings. The van der Waals surface area contributed by atoms with Gasteiger partial charge in [0.05, 0.1) is 19.8 Å². The van der Waals surface area contributed by atoms with Gasteiger partial charge in [0.25, 0.3) is 0 Å². The van der Waals surface area contributed by atoms with Crippen molar-refractivity contribution in [2.75, 3.05) is 33.4 Å². The lowest BCUT2D eigenvalue weighted by molar-refractivity contribution is -0.143. The third-order valence-corrected chi connectivity index (χ3v) is 3.49. The first-order chi connectivity index (χ1) is 8.88. The zero-order valence-corrected chi connectivity index (χ0v) is 13.9. The van der Waals surface area contributed by atoms with Crippen molar-refractivity contribution in [2.45, 2.75) is 20.8 Å². The van der Waals surface area contributed by atoms with Crippen molar-refractivity contribution in [1.29, 1.82) is 0 Å². The van der Waals surface area contributed by atoms with Gasteiger partial charge in [-0.25, -0.2) is 4.57 Å². The molecule has 0 rings (SSSR count). The van der Waals surface area contributed by atoms with Crippen LogP contribution in [0.15, 0.2) is 4.76 Å². The molecule has 0 radical (unpaired) electrons. The van der Waals surface area contributed by atoms with E-state index < -0.39 is 13.7 Å². The van der Waals surface area contributed by atoms with Gasteiger partial charge in [-0.1, -0.05) is 0 Å². The minimum atomic E-state index is -3.62. The van der Waals surface area contributed by atoms with Crippen molar-refractivity contribution >= 4 is 32.1 Å². The van der Waals surface area contributed by atoms with Crippen molar-refractivity contribution < 1.29 is 23.1 Å². The van der Waals surface area contributed by atoms with E-state index in [1.165, 1.54) is 11.9 Å². The van der Waals surface area contributed by atoms with E-state index in [0.717, 1.165) is 0 Å². The normalized spacial score (nSPS) is 11.7. The number of ether oxygens (including phenoxy) is 1. The number of hydrogen-bond acceptors (Lipinski definition) is 5. The molecule has 2 N–H and O–H groups in total. The Morgan fingerprint density at radius 2 is 1.70 bits per heavy atom. The van der Waals surface area contributed by atoms with Gasteiger partial charge in [0.1, 0.15) is 6.54 Å². The fourth-order valence-electron chi connectivity index (χ4n) is 1.10. The van der Waals surface area contributed by atoms with E-state index in [4.69, 9.17) is 19.5 Å². The van der Waals surface area contributed by atoms with E-state index in [2.05, 4.69) is 4.76 Å². The number of nitrogens with two attached hydrogens (primary N) is 1. The highest BCUT2D eigenvalue weighted by Crippen LogP contribution is 2.49. The zero-order chi connectivity index (χ0) is 14.9. The summed E-state index contributed by atoms with van der Waals surface area (Å²) in [5.41, 5.74) is 5.64. The van der Waals surface area contributed by atoms with Gasteiger partial charge >= 0.3 is 13.7 Å². The van der Waals surface area contributed by atoms with E-state index in [1.807, 2.05) is 0 Å². The molecule has 0 amide bonds. The zero-order valence-electron chi connectivity index (χ0n) is 12.2. The first kappa shape index (κ1) is 21.5. The fourth-order valence-corrected chi connectivity index (χ4v) is 2.35. The molecule has 0 saturated carbocycles. The van der Waals surface area contributed by atoms with Gasteiger partial charge < -0.3 is 15.4 Å². The van der Waals surface area contributed by atoms with Crippen molar-refractivity contribution in [1.82, 2.24) is 4.90 Å². The Morgan fingerprint density at radius 3 is 2.10 bits per heavy atom. The molecule has 0 aliphatic heterocycles. The van der Waals surface area contributed by atoms with Crippen LogP contribution >= 0.6 is 20.2 Å². The van der Waals surface area contributed by atoms with Crippen molar-refractivity contribution in [3.63, 3.8) is 0 Å². The lowest BCUT2D eigenvalue weighted by Gasteiger charge is -2.19. The van der Waals surface area contributed by atoms with Gasteiger partial charge in [0.15, 0.2) is 0 Å². The number of carbonyl (C=O) groups excluding carboxylic acids is 1. The average Bonchev–Trinajstić information content (AvgIpc) is 2.29. The molecule has 0 aromatic carbocycles. The van der Waals surface area contributed by atoms with E-state index >= 15 is 0 Å². The molecule has 0 heterocycles. The Kier molecular flexibility index (Phi) is 11.7. The SMILES string of the molecule is CCOC(=O)CN(C)C(N)=NP(=O)(OCC)OCC.Cl. The van der Waals surface area contributed by atoms with Crippen LogP contribution < -0.4 is 5.73 Å². The Morgan fingerprint density at radius 1 is 1.20 bits per heavy atom. The molecule has 10 heteroatoms. The number of rotatable bonds is 8. The molecular weight excluding hydrogens is 309 g/mol. The smallest absolute Gasteiger partial charge is 0.457 e. The second kappa shape index (κ2) is 10.9. The van der Waals surface area contributed by atoms with Gasteiger partial charge in [0, 0.05) is 7.05 Å². The minimum Gasteiger partial charge on any atom is -0.465 e. The molecule has 0 bridgehead atoms. The third-order valence-electron chi connectivity index (χ3n) is 1.87. The number of guanidine groups is 1. The summed E-state index contributed by atoms with van der Waals surface area (Å²) in [6.07, 6.45) is 0. The number of halogens is 1. The lowest BCUT2D eigenvalue weighted by atomic mass is 10.6. The number of hydrogen-bond donors (Lipinski definition) is 1. The van der Waals surface area contributed by atoms with Crippen LogP contribution in [0.4, 0.5) is 0 Å². The first-order valence-electron chi connectivity index (χ1n) is 6.00. The summed E-state index contributed by atoms with van der Waals surface area (Å²) < 4.78 is 30.5.